The van der Waals surface area contributed by atoms with Gasteiger partial charge < -0.3 is 14.4 Å². The first-order chi connectivity index (χ1) is 28.7. The zero-order valence-corrected chi connectivity index (χ0v) is 40.9. The lowest BCUT2D eigenvalue weighted by Gasteiger charge is -2.22. The number of hydrogen-bond acceptors (Lipinski definition) is 6. The van der Waals surface area contributed by atoms with Gasteiger partial charge in [-0.15, -0.1) is 0 Å². The van der Waals surface area contributed by atoms with Crippen LogP contribution in [0.15, 0.2) is 0 Å². The Morgan fingerprint density at radius 3 is 1.29 bits per heavy atom. The minimum absolute atomic E-state index is 0.0190. The molecule has 0 saturated heterocycles. The van der Waals surface area contributed by atoms with E-state index in [0.717, 1.165) is 84.0 Å². The van der Waals surface area contributed by atoms with Gasteiger partial charge >= 0.3 is 11.9 Å². The van der Waals surface area contributed by atoms with Crippen molar-refractivity contribution in [3.05, 3.63) is 0 Å². The predicted molar refractivity (Wildman–Crippen MR) is 259 cm³/mol. The predicted octanol–water partition coefficient (Wildman–Crippen LogP) is 14.5. The van der Waals surface area contributed by atoms with Gasteiger partial charge in [-0.2, -0.15) is 0 Å². The molecular weight excluding hydrogens is 753 g/mol. The fourth-order valence-corrected chi connectivity index (χ4v) is 8.61. The monoisotopic (exact) mass is 855 g/mol. The molecule has 0 aliphatic carbocycles. The summed E-state index contributed by atoms with van der Waals surface area (Å²) in [6.45, 7) is 11.3. The summed E-state index contributed by atoms with van der Waals surface area (Å²) >= 11 is 0. The minimum atomic E-state index is -2.16. The number of nitrogens with one attached hydrogen (secondary N) is 1. The number of hydrogen-bond donors (Lipinski definition) is 1. The normalized spacial score (nSPS) is 13.2. The Kier molecular flexibility index (Phi) is 44.1. The van der Waals surface area contributed by atoms with E-state index in [1.54, 1.807) is 6.26 Å². The van der Waals surface area contributed by atoms with Gasteiger partial charge in [0.25, 0.3) is 0 Å². The molecule has 8 heteroatoms. The maximum absolute atomic E-state index is 12.9. The van der Waals surface area contributed by atoms with Crippen molar-refractivity contribution in [3.63, 3.8) is 0 Å². The van der Waals surface area contributed by atoms with Crippen molar-refractivity contribution >= 4 is 27.5 Å². The summed E-state index contributed by atoms with van der Waals surface area (Å²) in [7, 11) is -2.16. The van der Waals surface area contributed by atoms with Crippen LogP contribution in [0.4, 0.5) is 0 Å². The Morgan fingerprint density at radius 1 is 0.492 bits per heavy atom. The summed E-state index contributed by atoms with van der Waals surface area (Å²) in [5.74, 6) is 3.72. The molecule has 59 heavy (non-hydrogen) atoms. The van der Waals surface area contributed by atoms with Crippen LogP contribution in [0.3, 0.4) is 0 Å². The molecule has 0 aliphatic heterocycles. The van der Waals surface area contributed by atoms with Gasteiger partial charge in [0.15, 0.2) is 0 Å². The average molecular weight is 855 g/mol. The van der Waals surface area contributed by atoms with Gasteiger partial charge in [0.05, 0.1) is 6.61 Å². The summed E-state index contributed by atoms with van der Waals surface area (Å²) in [5.41, 5.74) is 0. The van der Waals surface area contributed by atoms with Gasteiger partial charge in [-0.1, -0.05) is 188 Å². The van der Waals surface area contributed by atoms with Crippen LogP contribution in [0.25, 0.3) is 0 Å². The van der Waals surface area contributed by atoms with E-state index in [4.69, 9.17) is 9.47 Å². The van der Waals surface area contributed by atoms with E-state index in [2.05, 4.69) is 36.3 Å². The molecule has 0 heterocycles. The molecule has 0 aromatic rings. The number of unbranched alkanes of at least 4 members (excludes halogenated alkanes) is 28. The van der Waals surface area contributed by atoms with E-state index < -0.39 is 9.71 Å². The highest BCUT2D eigenvalue weighted by Gasteiger charge is 2.14. The fourth-order valence-electron chi connectivity index (χ4n) is 8.03. The molecule has 0 fully saturated rings. The first-order valence-corrected chi connectivity index (χ1v) is 28.0. The van der Waals surface area contributed by atoms with E-state index in [9.17, 15) is 13.8 Å². The van der Waals surface area contributed by atoms with Crippen molar-refractivity contribution in [2.45, 2.75) is 271 Å². The number of ether oxygens (including phenoxy) is 2. The fraction of sp³-hybridized carbons (Fsp3) is 0.941. The lowest BCUT2D eigenvalue weighted by Crippen LogP contribution is -2.31. The van der Waals surface area contributed by atoms with Crippen molar-refractivity contribution in [2.75, 3.05) is 39.0 Å². The zero-order valence-electron chi connectivity index (χ0n) is 40.1. The summed E-state index contributed by atoms with van der Waals surface area (Å²) in [5, 5.41) is 0. The average Bonchev–Trinajstić information content (AvgIpc) is 3.20. The van der Waals surface area contributed by atoms with Crippen molar-refractivity contribution < 1.29 is 23.3 Å². The highest BCUT2D eigenvalue weighted by Crippen LogP contribution is 2.19. The number of carbonyl (C=O) groups excluding carboxylic acids is 2. The number of rotatable bonds is 48. The molecule has 7 nitrogen and oxygen atoms in total. The second kappa shape index (κ2) is 44.9. The highest BCUT2D eigenvalue weighted by molar-refractivity contribution is 7.97. The largest absolute Gasteiger partial charge is 0.466 e. The van der Waals surface area contributed by atoms with Crippen LogP contribution in [-0.2, 0) is 28.8 Å². The quantitative estimate of drug-likeness (QED) is 0.0373. The van der Waals surface area contributed by atoms with E-state index >= 15 is 0 Å². The molecule has 0 aliphatic rings. The molecule has 0 amide bonds. The molecule has 2 atom stereocenters. The molecule has 0 spiro atoms. The summed E-state index contributed by atoms with van der Waals surface area (Å²) < 4.78 is 26.6. The number of nitrogens with zero attached hydrogens (tertiary/aromatic N) is 1. The molecule has 352 valence electrons. The van der Waals surface area contributed by atoms with E-state index in [1.165, 1.54) is 173 Å². The second-order valence-corrected chi connectivity index (χ2v) is 20.4. The topological polar surface area (TPSA) is 84.9 Å². The number of esters is 2. The molecule has 2 unspecified atom stereocenters. The van der Waals surface area contributed by atoms with Crippen molar-refractivity contribution in [1.29, 1.82) is 0 Å². The molecule has 0 saturated carbocycles. The lowest BCUT2D eigenvalue weighted by molar-refractivity contribution is -0.150. The molecule has 0 aromatic carbocycles. The van der Waals surface area contributed by atoms with Crippen LogP contribution in [0.1, 0.15) is 265 Å². The van der Waals surface area contributed by atoms with E-state index in [-0.39, 0.29) is 18.0 Å². The Hall–Kier alpha value is -1.12. The molecule has 0 aromatic heterocycles. The lowest BCUT2D eigenvalue weighted by atomic mass is 10.0. The summed E-state index contributed by atoms with van der Waals surface area (Å²) in [6.07, 6.45) is 46.6. The Morgan fingerprint density at radius 2 is 0.847 bits per heavy atom. The SMILES string of the molecule is C=S(C)(=O)NCCCN(CCCCCCCCC(=O)OCCCCCCCCCC)CCCCCCCC(=O)OC(CCCCCCCC)CCCCCCCCCC. The first-order valence-electron chi connectivity index (χ1n) is 25.9. The number of carbonyl (C=O) groups is 2. The third kappa shape index (κ3) is 46.2. The minimum Gasteiger partial charge on any atom is -0.466 e. The van der Waals surface area contributed by atoms with Crippen LogP contribution >= 0.6 is 0 Å². The van der Waals surface area contributed by atoms with Gasteiger partial charge in [-0.05, 0) is 89.7 Å². The molecular formula is C51H102N2O5S. The molecule has 1 N–H and O–H groups in total. The maximum Gasteiger partial charge on any atom is 0.306 e. The maximum atomic E-state index is 12.9. The Balaban J connectivity index is 4.30. The van der Waals surface area contributed by atoms with Crippen LogP contribution in [0.2, 0.25) is 0 Å². The smallest absolute Gasteiger partial charge is 0.306 e. The van der Waals surface area contributed by atoms with E-state index in [1.807, 2.05) is 0 Å². The molecule has 0 rings (SSSR count). The summed E-state index contributed by atoms with van der Waals surface area (Å²) in [6, 6.07) is 0. The van der Waals surface area contributed by atoms with Gasteiger partial charge in [-0.3, -0.25) is 13.8 Å². The third-order valence-electron chi connectivity index (χ3n) is 11.8. The van der Waals surface area contributed by atoms with Gasteiger partial charge in [-0.25, -0.2) is 4.72 Å². The van der Waals surface area contributed by atoms with Crippen LogP contribution < -0.4 is 4.72 Å². The van der Waals surface area contributed by atoms with Crippen molar-refractivity contribution in [1.82, 2.24) is 9.62 Å². The van der Waals surface area contributed by atoms with Gasteiger partial charge in [0.2, 0.25) is 0 Å². The Labute approximate surface area is 369 Å². The summed E-state index contributed by atoms with van der Waals surface area (Å²) in [4.78, 5) is 27.6. The van der Waals surface area contributed by atoms with Crippen molar-refractivity contribution in [2.24, 2.45) is 0 Å². The highest BCUT2D eigenvalue weighted by atomic mass is 32.2. The third-order valence-corrected chi connectivity index (χ3v) is 12.7. The Bertz CT molecular complexity index is 1010. The van der Waals surface area contributed by atoms with Crippen LogP contribution in [0.5, 0.6) is 0 Å². The van der Waals surface area contributed by atoms with Crippen molar-refractivity contribution in [3.8, 4) is 0 Å². The second-order valence-electron chi connectivity index (χ2n) is 18.1. The standard InChI is InChI=1S/C51H102N2O5S/c1-6-9-12-15-18-20-26-33-41-49(40-32-25-17-14-11-8-3)58-51(55)43-35-28-24-30-37-46-53(47-39-44-52-59(4,5)56)45-36-29-22-21-27-34-42-50(54)57-48-38-31-23-19-16-13-10-7-2/h49H,4,6-48H2,1-3,5H3,(H,52,56). The molecule has 0 bridgehead atoms. The van der Waals surface area contributed by atoms with Gasteiger partial charge in [0, 0.05) is 35.3 Å². The van der Waals surface area contributed by atoms with Crippen LogP contribution in [-0.4, -0.2) is 72.1 Å². The molecule has 0 radical (unpaired) electrons. The van der Waals surface area contributed by atoms with Gasteiger partial charge in [0.1, 0.15) is 6.10 Å². The van der Waals surface area contributed by atoms with Crippen LogP contribution in [0, 0.1) is 0 Å². The zero-order chi connectivity index (χ0) is 43.3. The first kappa shape index (κ1) is 57.9. The van der Waals surface area contributed by atoms with E-state index in [0.29, 0.717) is 19.4 Å².